The highest BCUT2D eigenvalue weighted by atomic mass is 19.1. The van der Waals surface area contributed by atoms with E-state index in [9.17, 15) is 14.3 Å². The van der Waals surface area contributed by atoms with Crippen LogP contribution in [-0.2, 0) is 4.74 Å². The van der Waals surface area contributed by atoms with E-state index in [0.29, 0.717) is 16.7 Å². The van der Waals surface area contributed by atoms with Crippen molar-refractivity contribution < 1.29 is 19.0 Å². The van der Waals surface area contributed by atoms with Crippen molar-refractivity contribution in [3.05, 3.63) is 102 Å². The molecule has 0 aliphatic carbocycles. The van der Waals surface area contributed by atoms with Crippen LogP contribution in [-0.4, -0.2) is 17.7 Å². The van der Waals surface area contributed by atoms with Crippen LogP contribution in [0.15, 0.2) is 91.0 Å². The Morgan fingerprint density at radius 2 is 1.35 bits per heavy atom. The normalized spacial score (nSPS) is 10.6. The van der Waals surface area contributed by atoms with Crippen LogP contribution in [0.25, 0.3) is 33.4 Å². The third-order valence-electron chi connectivity index (χ3n) is 5.08. The fourth-order valence-electron chi connectivity index (χ4n) is 3.68. The topological polar surface area (TPSA) is 46.5 Å². The molecule has 0 spiro atoms. The fourth-order valence-corrected chi connectivity index (χ4v) is 3.68. The Balaban J connectivity index is 2.09. The zero-order valence-electron chi connectivity index (χ0n) is 17.0. The van der Waals surface area contributed by atoms with Crippen molar-refractivity contribution in [1.82, 2.24) is 0 Å². The van der Waals surface area contributed by atoms with Crippen molar-refractivity contribution in [1.29, 1.82) is 0 Å². The molecule has 0 amide bonds. The quantitative estimate of drug-likeness (QED) is 0.371. The van der Waals surface area contributed by atoms with Crippen molar-refractivity contribution in [2.45, 2.75) is 6.92 Å². The maximum atomic E-state index is 13.6. The Hall–Kier alpha value is -3.92. The molecule has 0 bridgehead atoms. The molecule has 0 atom stereocenters. The standard InChI is InChI=1S/C27H21FO3/c1-2-31-27(30)25-23(19-13-15-21(28)16-14-19)17-22(18-9-5-3-6-10-18)24(26(25)29)20-11-7-4-8-12-20/h3-17,29H,2H2,1H3. The Morgan fingerprint density at radius 3 is 1.94 bits per heavy atom. The summed E-state index contributed by atoms with van der Waals surface area (Å²) in [4.78, 5) is 12.9. The number of hydrogen-bond acceptors (Lipinski definition) is 3. The smallest absolute Gasteiger partial charge is 0.342 e. The maximum Gasteiger partial charge on any atom is 0.342 e. The van der Waals surface area contributed by atoms with Gasteiger partial charge in [0.1, 0.15) is 17.1 Å². The molecule has 4 aromatic rings. The number of ether oxygens (including phenoxy) is 1. The van der Waals surface area contributed by atoms with Crippen molar-refractivity contribution >= 4 is 5.97 Å². The van der Waals surface area contributed by atoms with Crippen LogP contribution >= 0.6 is 0 Å². The number of benzene rings is 4. The largest absolute Gasteiger partial charge is 0.506 e. The Morgan fingerprint density at radius 1 is 0.806 bits per heavy atom. The van der Waals surface area contributed by atoms with E-state index in [-0.39, 0.29) is 23.7 Å². The molecule has 1 N–H and O–H groups in total. The number of rotatable bonds is 5. The van der Waals surface area contributed by atoms with Crippen molar-refractivity contribution in [2.75, 3.05) is 6.61 Å². The molecule has 4 heteroatoms. The molecule has 0 aliphatic rings. The predicted molar refractivity (Wildman–Crippen MR) is 120 cm³/mol. The summed E-state index contributed by atoms with van der Waals surface area (Å²) >= 11 is 0. The zero-order valence-corrected chi connectivity index (χ0v) is 17.0. The first kappa shape index (κ1) is 20.4. The summed E-state index contributed by atoms with van der Waals surface area (Å²) < 4.78 is 18.8. The van der Waals surface area contributed by atoms with Crippen LogP contribution in [0, 0.1) is 5.82 Å². The van der Waals surface area contributed by atoms with E-state index in [1.54, 1.807) is 19.1 Å². The third kappa shape index (κ3) is 4.05. The highest BCUT2D eigenvalue weighted by molar-refractivity contribution is 6.06. The molecule has 0 saturated carbocycles. The van der Waals surface area contributed by atoms with Crippen molar-refractivity contribution in [3.8, 4) is 39.1 Å². The lowest BCUT2D eigenvalue weighted by molar-refractivity contribution is 0.0524. The summed E-state index contributed by atoms with van der Waals surface area (Å²) in [6.07, 6.45) is 0. The van der Waals surface area contributed by atoms with Crippen molar-refractivity contribution in [2.24, 2.45) is 0 Å². The molecule has 3 nitrogen and oxygen atoms in total. The van der Waals surface area contributed by atoms with Crippen LogP contribution in [0.2, 0.25) is 0 Å². The molecule has 0 fully saturated rings. The van der Waals surface area contributed by atoms with Gasteiger partial charge in [0.15, 0.2) is 0 Å². The number of halogens is 1. The first-order valence-corrected chi connectivity index (χ1v) is 10.0. The lowest BCUT2D eigenvalue weighted by atomic mass is 9.86. The molecule has 154 valence electrons. The Kier molecular flexibility index (Phi) is 5.80. The van der Waals surface area contributed by atoms with Crippen LogP contribution in [0.1, 0.15) is 17.3 Å². The summed E-state index contributed by atoms with van der Waals surface area (Å²) in [5, 5.41) is 11.4. The highest BCUT2D eigenvalue weighted by Gasteiger charge is 2.26. The highest BCUT2D eigenvalue weighted by Crippen LogP contribution is 2.45. The molecule has 31 heavy (non-hydrogen) atoms. The van der Waals surface area contributed by atoms with Crippen LogP contribution in [0.4, 0.5) is 4.39 Å². The van der Waals surface area contributed by atoms with Crippen LogP contribution < -0.4 is 0 Å². The van der Waals surface area contributed by atoms with Gasteiger partial charge in [-0.3, -0.25) is 0 Å². The molecule has 0 saturated heterocycles. The van der Waals surface area contributed by atoms with E-state index in [1.165, 1.54) is 12.1 Å². The molecule has 4 aromatic carbocycles. The van der Waals surface area contributed by atoms with Gasteiger partial charge in [-0.1, -0.05) is 72.8 Å². The molecular weight excluding hydrogens is 391 g/mol. The first-order chi connectivity index (χ1) is 15.1. The monoisotopic (exact) mass is 412 g/mol. The summed E-state index contributed by atoms with van der Waals surface area (Å²) in [6.45, 7) is 1.88. The van der Waals surface area contributed by atoms with Gasteiger partial charge >= 0.3 is 5.97 Å². The predicted octanol–water partition coefficient (Wildman–Crippen LogP) is 6.71. The van der Waals surface area contributed by atoms with Crippen molar-refractivity contribution in [3.63, 3.8) is 0 Å². The van der Waals surface area contributed by atoms with Gasteiger partial charge in [0, 0.05) is 11.1 Å². The van der Waals surface area contributed by atoms with Gasteiger partial charge < -0.3 is 9.84 Å². The summed E-state index contributed by atoms with van der Waals surface area (Å²) in [6, 6.07) is 26.7. The minimum absolute atomic E-state index is 0.0620. The van der Waals surface area contributed by atoms with E-state index in [4.69, 9.17) is 4.74 Å². The van der Waals surface area contributed by atoms with Gasteiger partial charge in [-0.05, 0) is 47.4 Å². The van der Waals surface area contributed by atoms with Gasteiger partial charge in [0.25, 0.3) is 0 Å². The second-order valence-corrected chi connectivity index (χ2v) is 7.03. The van der Waals surface area contributed by atoms with E-state index in [2.05, 4.69) is 0 Å². The van der Waals surface area contributed by atoms with E-state index < -0.39 is 5.97 Å². The second-order valence-electron chi connectivity index (χ2n) is 7.03. The third-order valence-corrected chi connectivity index (χ3v) is 5.08. The molecule has 0 unspecified atom stereocenters. The van der Waals surface area contributed by atoms with Gasteiger partial charge in [0.05, 0.1) is 6.61 Å². The van der Waals surface area contributed by atoms with Gasteiger partial charge in [-0.2, -0.15) is 0 Å². The van der Waals surface area contributed by atoms with E-state index in [0.717, 1.165) is 16.7 Å². The SMILES string of the molecule is CCOC(=O)c1c(-c2ccc(F)cc2)cc(-c2ccccc2)c(-c2ccccc2)c1O. The number of esters is 1. The maximum absolute atomic E-state index is 13.6. The minimum atomic E-state index is -0.629. The molecule has 4 rings (SSSR count). The summed E-state index contributed by atoms with van der Waals surface area (Å²) in [5.74, 6) is -1.17. The average Bonchev–Trinajstić information content (AvgIpc) is 2.80. The van der Waals surface area contributed by atoms with Crippen LogP contribution in [0.5, 0.6) is 5.75 Å². The first-order valence-electron chi connectivity index (χ1n) is 10.0. The number of carbonyl (C=O) groups excluding carboxylic acids is 1. The Bertz CT molecular complexity index is 1200. The lowest BCUT2D eigenvalue weighted by Gasteiger charge is -2.19. The van der Waals surface area contributed by atoms with Gasteiger partial charge in [0.2, 0.25) is 0 Å². The van der Waals surface area contributed by atoms with Gasteiger partial charge in [-0.25, -0.2) is 9.18 Å². The second kappa shape index (κ2) is 8.84. The molecule has 0 aromatic heterocycles. The molecular formula is C27H21FO3. The summed E-state index contributed by atoms with van der Waals surface area (Å²) in [7, 11) is 0. The van der Waals surface area contributed by atoms with Gasteiger partial charge in [-0.15, -0.1) is 0 Å². The fraction of sp³-hybridized carbons (Fsp3) is 0.0741. The van der Waals surface area contributed by atoms with Crippen LogP contribution in [0.3, 0.4) is 0 Å². The average molecular weight is 412 g/mol. The molecule has 0 heterocycles. The number of phenols is 1. The number of hydrogen-bond donors (Lipinski definition) is 1. The molecule has 0 radical (unpaired) electrons. The van der Waals surface area contributed by atoms with E-state index in [1.807, 2.05) is 66.7 Å². The molecule has 0 aliphatic heterocycles. The number of phenolic OH excluding ortho intramolecular Hbond substituents is 1. The van der Waals surface area contributed by atoms with E-state index >= 15 is 0 Å². The Labute approximate surface area is 180 Å². The minimum Gasteiger partial charge on any atom is -0.506 e. The zero-order chi connectivity index (χ0) is 21.8. The number of carbonyl (C=O) groups is 1. The number of aromatic hydroxyl groups is 1. The lowest BCUT2D eigenvalue weighted by Crippen LogP contribution is -2.08. The summed E-state index contributed by atoms with van der Waals surface area (Å²) in [5.41, 5.74) is 4.11.